The first-order valence-electron chi connectivity index (χ1n) is 6.57. The molecule has 3 rings (SSSR count). The van der Waals surface area contributed by atoms with Crippen LogP contribution in [0.2, 0.25) is 0 Å². The van der Waals surface area contributed by atoms with Crippen LogP contribution in [-0.4, -0.2) is 17.2 Å². The number of hydrazine groups is 1. The summed E-state index contributed by atoms with van der Waals surface area (Å²) in [6.45, 7) is 0. The zero-order valence-corrected chi connectivity index (χ0v) is 13.4. The number of anilines is 2. The molecule has 1 heterocycles. The van der Waals surface area contributed by atoms with Crippen LogP contribution in [0.4, 0.5) is 10.8 Å². The highest BCUT2D eigenvalue weighted by atomic mass is 32.1. The summed E-state index contributed by atoms with van der Waals surface area (Å²) in [5.41, 5.74) is 7.77. The normalized spacial score (nSPS) is 10.2. The molecule has 0 saturated carbocycles. The maximum atomic E-state index is 5.24. The van der Waals surface area contributed by atoms with Gasteiger partial charge in [-0.05, 0) is 48.6 Å². The molecule has 0 bridgehead atoms. The van der Waals surface area contributed by atoms with Crippen molar-refractivity contribution in [1.29, 1.82) is 0 Å². The summed E-state index contributed by atoms with van der Waals surface area (Å²) in [5.74, 6) is 0.803. The van der Waals surface area contributed by atoms with Gasteiger partial charge in [0.1, 0.15) is 5.75 Å². The van der Waals surface area contributed by atoms with E-state index in [0.717, 1.165) is 26.8 Å². The molecule has 0 aliphatic rings. The van der Waals surface area contributed by atoms with Crippen LogP contribution in [0.5, 0.6) is 5.75 Å². The Labute approximate surface area is 137 Å². The van der Waals surface area contributed by atoms with Gasteiger partial charge in [-0.15, -0.1) is 0 Å². The van der Waals surface area contributed by atoms with Crippen LogP contribution in [0.15, 0.2) is 48.5 Å². The third-order valence-corrected chi connectivity index (χ3v) is 4.08. The molecule has 0 unspecified atom stereocenters. The highest BCUT2D eigenvalue weighted by Crippen LogP contribution is 2.24. The molecule has 0 fully saturated rings. The maximum absolute atomic E-state index is 5.24. The van der Waals surface area contributed by atoms with Gasteiger partial charge in [-0.3, -0.25) is 10.9 Å². The SMILES string of the molecule is COc1ccc(NC(=S)NNc2nc3ccccc3s2)cc1. The molecular formula is C15H14N4OS2. The summed E-state index contributed by atoms with van der Waals surface area (Å²) in [7, 11) is 1.64. The summed E-state index contributed by atoms with van der Waals surface area (Å²) in [6, 6.07) is 15.5. The summed E-state index contributed by atoms with van der Waals surface area (Å²) in [4.78, 5) is 4.46. The molecular weight excluding hydrogens is 316 g/mol. The molecule has 0 aliphatic heterocycles. The molecule has 0 aliphatic carbocycles. The van der Waals surface area contributed by atoms with Crippen molar-refractivity contribution in [3.05, 3.63) is 48.5 Å². The third kappa shape index (κ3) is 3.44. The molecule has 0 atom stereocenters. The first kappa shape index (κ1) is 14.6. The number of nitrogens with zero attached hydrogens (tertiary/aromatic N) is 1. The first-order chi connectivity index (χ1) is 10.7. The smallest absolute Gasteiger partial charge is 0.202 e. The minimum atomic E-state index is 0.462. The number of nitrogens with one attached hydrogen (secondary N) is 3. The number of para-hydroxylation sites is 1. The lowest BCUT2D eigenvalue weighted by Crippen LogP contribution is -2.33. The van der Waals surface area contributed by atoms with Crippen LogP contribution in [0, 0.1) is 0 Å². The van der Waals surface area contributed by atoms with Crippen molar-refractivity contribution in [3.8, 4) is 5.75 Å². The van der Waals surface area contributed by atoms with Crippen molar-refractivity contribution in [1.82, 2.24) is 10.4 Å². The highest BCUT2D eigenvalue weighted by Gasteiger charge is 2.03. The molecule has 22 heavy (non-hydrogen) atoms. The fraction of sp³-hybridized carbons (Fsp3) is 0.0667. The fourth-order valence-electron chi connectivity index (χ4n) is 1.87. The zero-order chi connectivity index (χ0) is 15.4. The van der Waals surface area contributed by atoms with E-state index in [-0.39, 0.29) is 0 Å². The van der Waals surface area contributed by atoms with Gasteiger partial charge in [-0.1, -0.05) is 23.5 Å². The van der Waals surface area contributed by atoms with Gasteiger partial charge in [-0.2, -0.15) is 0 Å². The summed E-state index contributed by atoms with van der Waals surface area (Å²) in [6.07, 6.45) is 0. The molecule has 0 spiro atoms. The van der Waals surface area contributed by atoms with Crippen LogP contribution in [0.1, 0.15) is 0 Å². The number of thiazole rings is 1. The Kier molecular flexibility index (Phi) is 4.36. The molecule has 3 N–H and O–H groups in total. The number of thiocarbonyl (C=S) groups is 1. The van der Waals surface area contributed by atoms with E-state index in [4.69, 9.17) is 17.0 Å². The van der Waals surface area contributed by atoms with Crippen molar-refractivity contribution >= 4 is 49.7 Å². The van der Waals surface area contributed by atoms with E-state index in [9.17, 15) is 0 Å². The van der Waals surface area contributed by atoms with E-state index in [1.807, 2.05) is 48.5 Å². The van der Waals surface area contributed by atoms with Gasteiger partial charge in [0.05, 0.1) is 17.3 Å². The lowest BCUT2D eigenvalue weighted by atomic mass is 10.3. The van der Waals surface area contributed by atoms with Gasteiger partial charge in [0.25, 0.3) is 0 Å². The van der Waals surface area contributed by atoms with Gasteiger partial charge in [0.2, 0.25) is 5.13 Å². The molecule has 7 heteroatoms. The Morgan fingerprint density at radius 1 is 1.14 bits per heavy atom. The van der Waals surface area contributed by atoms with E-state index < -0.39 is 0 Å². The molecule has 112 valence electrons. The minimum Gasteiger partial charge on any atom is -0.497 e. The number of hydrogen-bond donors (Lipinski definition) is 3. The first-order valence-corrected chi connectivity index (χ1v) is 7.80. The van der Waals surface area contributed by atoms with Crippen molar-refractivity contribution in [2.45, 2.75) is 0 Å². The quantitative estimate of drug-likeness (QED) is 0.502. The van der Waals surface area contributed by atoms with E-state index in [2.05, 4.69) is 21.2 Å². The number of benzene rings is 2. The van der Waals surface area contributed by atoms with E-state index >= 15 is 0 Å². The van der Waals surface area contributed by atoms with Crippen LogP contribution in [-0.2, 0) is 0 Å². The van der Waals surface area contributed by atoms with Crippen molar-refractivity contribution in [2.24, 2.45) is 0 Å². The second kappa shape index (κ2) is 6.59. The topological polar surface area (TPSA) is 58.2 Å². The van der Waals surface area contributed by atoms with E-state index in [1.54, 1.807) is 18.4 Å². The Hall–Kier alpha value is -2.38. The van der Waals surface area contributed by atoms with E-state index in [1.165, 1.54) is 0 Å². The summed E-state index contributed by atoms with van der Waals surface area (Å²) in [5, 5.41) is 4.30. The lowest BCUT2D eigenvalue weighted by Gasteiger charge is -2.11. The third-order valence-electron chi connectivity index (χ3n) is 2.92. The van der Waals surface area contributed by atoms with Gasteiger partial charge >= 0.3 is 0 Å². The number of ether oxygens (including phenoxy) is 1. The highest BCUT2D eigenvalue weighted by molar-refractivity contribution is 7.80. The number of fused-ring (bicyclic) bond motifs is 1. The van der Waals surface area contributed by atoms with Crippen LogP contribution < -0.4 is 20.9 Å². The number of methoxy groups -OCH3 is 1. The Balaban J connectivity index is 1.57. The maximum Gasteiger partial charge on any atom is 0.202 e. The fourth-order valence-corrected chi connectivity index (χ4v) is 2.86. The summed E-state index contributed by atoms with van der Waals surface area (Å²) >= 11 is 6.80. The molecule has 1 aromatic heterocycles. The Bertz CT molecular complexity index is 753. The van der Waals surface area contributed by atoms with E-state index in [0.29, 0.717) is 5.11 Å². The molecule has 0 radical (unpaired) electrons. The second-order valence-corrected chi connectivity index (χ2v) is 5.86. The molecule has 0 amide bonds. The Morgan fingerprint density at radius 3 is 2.64 bits per heavy atom. The molecule has 3 aromatic rings. The van der Waals surface area contributed by atoms with Gasteiger partial charge < -0.3 is 10.1 Å². The Morgan fingerprint density at radius 2 is 1.91 bits per heavy atom. The predicted octanol–water partition coefficient (Wildman–Crippen LogP) is 3.62. The standard InChI is InChI=1S/C15H14N4OS2/c1-20-11-8-6-10(7-9-11)16-14(21)18-19-15-17-12-4-2-3-5-13(12)22-15/h2-9H,1H3,(H,17,19)(H2,16,18,21). The second-order valence-electron chi connectivity index (χ2n) is 4.42. The van der Waals surface area contributed by atoms with Crippen molar-refractivity contribution in [2.75, 3.05) is 17.9 Å². The van der Waals surface area contributed by atoms with Gasteiger partial charge in [-0.25, -0.2) is 4.98 Å². The zero-order valence-electron chi connectivity index (χ0n) is 11.8. The van der Waals surface area contributed by atoms with Crippen LogP contribution in [0.3, 0.4) is 0 Å². The lowest BCUT2D eigenvalue weighted by molar-refractivity contribution is 0.415. The monoisotopic (exact) mass is 330 g/mol. The predicted molar refractivity (Wildman–Crippen MR) is 95.6 cm³/mol. The van der Waals surface area contributed by atoms with Crippen molar-refractivity contribution < 1.29 is 4.74 Å². The average Bonchev–Trinajstić information content (AvgIpc) is 2.96. The minimum absolute atomic E-state index is 0.462. The van der Waals surface area contributed by atoms with Gasteiger partial charge in [0, 0.05) is 5.69 Å². The van der Waals surface area contributed by atoms with Crippen LogP contribution in [0.25, 0.3) is 10.2 Å². The molecule has 0 saturated heterocycles. The molecule has 5 nitrogen and oxygen atoms in total. The van der Waals surface area contributed by atoms with Crippen LogP contribution >= 0.6 is 23.6 Å². The number of rotatable bonds is 4. The number of hydrogen-bond acceptors (Lipinski definition) is 5. The largest absolute Gasteiger partial charge is 0.497 e. The summed E-state index contributed by atoms with van der Waals surface area (Å²) < 4.78 is 6.24. The number of aromatic nitrogens is 1. The van der Waals surface area contributed by atoms with Gasteiger partial charge in [0.15, 0.2) is 5.11 Å². The van der Waals surface area contributed by atoms with Crippen molar-refractivity contribution in [3.63, 3.8) is 0 Å². The average molecular weight is 330 g/mol. The molecule has 2 aromatic carbocycles.